The Balaban J connectivity index is 1.21. The van der Waals surface area contributed by atoms with Crippen LogP contribution >= 0.6 is 0 Å². The van der Waals surface area contributed by atoms with Crippen LogP contribution in [0, 0.1) is 0 Å². The quantitative estimate of drug-likeness (QED) is 0.431. The van der Waals surface area contributed by atoms with Gasteiger partial charge in [-0.3, -0.25) is 9.97 Å². The predicted molar refractivity (Wildman–Crippen MR) is 121 cm³/mol. The molecule has 4 aromatic rings. The fourth-order valence-electron chi connectivity index (χ4n) is 4.49. The third-order valence-corrected chi connectivity index (χ3v) is 6.11. The fraction of sp³-hybridized carbons (Fsp3) is 0.320. The summed E-state index contributed by atoms with van der Waals surface area (Å²) in [5.74, 6) is 0.975. The lowest BCUT2D eigenvalue weighted by molar-refractivity contribution is 0.135. The topological polar surface area (TPSA) is 86.7 Å². The standard InChI is InChI=1S/C25H27N5O/c31-25(18-4-2-1-3-5-18)22-10-7-19(28-22)14-17-6-9-21-23(15-17)30-24(29-21)11-8-20-16-26-12-13-27-20/h1-6,9,12-13,15-16,19,22,25,28,31H,7-8,10-11,14H2,(H,29,30)/t19-,22+,25+/m0/s1. The van der Waals surface area contributed by atoms with Crippen LogP contribution in [0.15, 0.2) is 67.1 Å². The van der Waals surface area contributed by atoms with Crippen LogP contribution in [0.3, 0.4) is 0 Å². The number of aromatic nitrogens is 4. The molecule has 6 heteroatoms. The van der Waals surface area contributed by atoms with E-state index in [9.17, 15) is 5.11 Å². The lowest BCUT2D eigenvalue weighted by Gasteiger charge is -2.20. The van der Waals surface area contributed by atoms with E-state index in [1.165, 1.54) is 5.56 Å². The Morgan fingerprint density at radius 1 is 1.03 bits per heavy atom. The maximum Gasteiger partial charge on any atom is 0.107 e. The molecule has 2 aromatic heterocycles. The summed E-state index contributed by atoms with van der Waals surface area (Å²) in [6.45, 7) is 0. The van der Waals surface area contributed by atoms with Crippen LogP contribution in [0.25, 0.3) is 11.0 Å². The Kier molecular flexibility index (Phi) is 5.74. The van der Waals surface area contributed by atoms with E-state index in [4.69, 9.17) is 4.98 Å². The molecule has 31 heavy (non-hydrogen) atoms. The van der Waals surface area contributed by atoms with Crippen LogP contribution in [0.1, 0.15) is 41.6 Å². The fourth-order valence-corrected chi connectivity index (χ4v) is 4.49. The third-order valence-electron chi connectivity index (χ3n) is 6.11. The molecular weight excluding hydrogens is 386 g/mol. The summed E-state index contributed by atoms with van der Waals surface area (Å²) in [6, 6.07) is 16.9. The zero-order valence-electron chi connectivity index (χ0n) is 17.4. The van der Waals surface area contributed by atoms with E-state index in [-0.39, 0.29) is 6.04 Å². The van der Waals surface area contributed by atoms with E-state index in [0.29, 0.717) is 6.04 Å². The molecule has 3 atom stereocenters. The van der Waals surface area contributed by atoms with Crippen LogP contribution in [-0.2, 0) is 19.3 Å². The molecule has 6 nitrogen and oxygen atoms in total. The molecule has 3 heterocycles. The Labute approximate surface area is 181 Å². The highest BCUT2D eigenvalue weighted by atomic mass is 16.3. The summed E-state index contributed by atoms with van der Waals surface area (Å²) in [5, 5.41) is 14.3. The zero-order chi connectivity index (χ0) is 21.0. The second-order valence-electron chi connectivity index (χ2n) is 8.34. The van der Waals surface area contributed by atoms with Gasteiger partial charge in [-0.2, -0.15) is 0 Å². The number of fused-ring (bicyclic) bond motifs is 1. The summed E-state index contributed by atoms with van der Waals surface area (Å²) < 4.78 is 0. The van der Waals surface area contributed by atoms with Crippen molar-refractivity contribution in [3.63, 3.8) is 0 Å². The van der Waals surface area contributed by atoms with Gasteiger partial charge in [-0.05, 0) is 48.9 Å². The maximum atomic E-state index is 10.7. The van der Waals surface area contributed by atoms with Crippen molar-refractivity contribution >= 4 is 11.0 Å². The van der Waals surface area contributed by atoms with Crippen molar-refractivity contribution in [3.05, 3.63) is 89.8 Å². The molecule has 0 amide bonds. The van der Waals surface area contributed by atoms with Gasteiger partial charge in [-0.15, -0.1) is 0 Å². The minimum atomic E-state index is -0.460. The smallest absolute Gasteiger partial charge is 0.107 e. The van der Waals surface area contributed by atoms with Gasteiger partial charge in [0, 0.05) is 37.1 Å². The number of H-pyrrole nitrogens is 1. The molecule has 1 aliphatic heterocycles. The normalized spacial score (nSPS) is 19.6. The maximum absolute atomic E-state index is 10.7. The van der Waals surface area contributed by atoms with Crippen LogP contribution in [0.2, 0.25) is 0 Å². The van der Waals surface area contributed by atoms with Crippen molar-refractivity contribution in [3.8, 4) is 0 Å². The van der Waals surface area contributed by atoms with Crippen LogP contribution in [-0.4, -0.2) is 37.1 Å². The first-order valence-electron chi connectivity index (χ1n) is 11.0. The molecule has 158 valence electrons. The van der Waals surface area contributed by atoms with E-state index in [1.807, 2.05) is 30.3 Å². The first-order valence-corrected chi connectivity index (χ1v) is 11.0. The predicted octanol–water partition coefficient (Wildman–Crippen LogP) is 3.53. The summed E-state index contributed by atoms with van der Waals surface area (Å²) in [5.41, 5.74) is 5.31. The van der Waals surface area contributed by atoms with Crippen molar-refractivity contribution in [1.82, 2.24) is 25.3 Å². The number of imidazole rings is 1. The van der Waals surface area contributed by atoms with E-state index in [1.54, 1.807) is 18.6 Å². The number of hydrogen-bond donors (Lipinski definition) is 3. The number of nitrogens with one attached hydrogen (secondary N) is 2. The van der Waals surface area contributed by atoms with Crippen LogP contribution < -0.4 is 5.32 Å². The van der Waals surface area contributed by atoms with Gasteiger partial charge in [0.15, 0.2) is 0 Å². The average molecular weight is 414 g/mol. The van der Waals surface area contributed by atoms with Gasteiger partial charge in [0.25, 0.3) is 0 Å². The molecule has 0 saturated carbocycles. The molecule has 1 fully saturated rings. The summed E-state index contributed by atoms with van der Waals surface area (Å²) in [6.07, 6.45) is 9.39. The Morgan fingerprint density at radius 2 is 1.94 bits per heavy atom. The van der Waals surface area contributed by atoms with Crippen molar-refractivity contribution in [1.29, 1.82) is 0 Å². The highest BCUT2D eigenvalue weighted by Gasteiger charge is 2.29. The second-order valence-corrected chi connectivity index (χ2v) is 8.34. The number of aliphatic hydroxyl groups excluding tert-OH is 1. The lowest BCUT2D eigenvalue weighted by atomic mass is 10.0. The van der Waals surface area contributed by atoms with E-state index < -0.39 is 6.10 Å². The monoisotopic (exact) mass is 413 g/mol. The number of aryl methyl sites for hydroxylation is 2. The molecule has 0 aliphatic carbocycles. The highest BCUT2D eigenvalue weighted by Crippen LogP contribution is 2.27. The molecule has 5 rings (SSSR count). The van der Waals surface area contributed by atoms with Gasteiger partial charge in [0.1, 0.15) is 5.82 Å². The zero-order valence-corrected chi connectivity index (χ0v) is 17.4. The number of rotatable bonds is 7. The second kappa shape index (κ2) is 8.96. The molecule has 1 saturated heterocycles. The lowest BCUT2D eigenvalue weighted by Crippen LogP contribution is -2.35. The largest absolute Gasteiger partial charge is 0.387 e. The molecule has 3 N–H and O–H groups in total. The number of benzene rings is 2. The number of hydrogen-bond acceptors (Lipinski definition) is 5. The number of aromatic amines is 1. The Hall–Kier alpha value is -3.09. The average Bonchev–Trinajstić information content (AvgIpc) is 3.45. The van der Waals surface area contributed by atoms with Gasteiger partial charge in [0.2, 0.25) is 0 Å². The Morgan fingerprint density at radius 3 is 2.77 bits per heavy atom. The van der Waals surface area contributed by atoms with Gasteiger partial charge >= 0.3 is 0 Å². The first kappa shape index (κ1) is 19.8. The summed E-state index contributed by atoms with van der Waals surface area (Å²) in [7, 11) is 0. The molecule has 2 aromatic carbocycles. The molecular formula is C25H27N5O. The Bertz CT molecular complexity index is 1130. The van der Waals surface area contributed by atoms with E-state index in [0.717, 1.165) is 60.2 Å². The molecule has 0 unspecified atom stereocenters. The van der Waals surface area contributed by atoms with Gasteiger partial charge in [-0.25, -0.2) is 4.98 Å². The summed E-state index contributed by atoms with van der Waals surface area (Å²) >= 11 is 0. The van der Waals surface area contributed by atoms with Gasteiger partial charge in [0.05, 0.1) is 22.8 Å². The first-order chi connectivity index (χ1) is 15.2. The highest BCUT2D eigenvalue weighted by molar-refractivity contribution is 5.75. The minimum Gasteiger partial charge on any atom is -0.387 e. The molecule has 1 aliphatic rings. The molecule has 0 bridgehead atoms. The van der Waals surface area contributed by atoms with Crippen molar-refractivity contribution < 1.29 is 5.11 Å². The van der Waals surface area contributed by atoms with Crippen LogP contribution in [0.5, 0.6) is 0 Å². The van der Waals surface area contributed by atoms with Gasteiger partial charge < -0.3 is 15.4 Å². The van der Waals surface area contributed by atoms with Crippen LogP contribution in [0.4, 0.5) is 0 Å². The molecule has 0 spiro atoms. The summed E-state index contributed by atoms with van der Waals surface area (Å²) in [4.78, 5) is 16.6. The molecule has 0 radical (unpaired) electrons. The van der Waals surface area contributed by atoms with E-state index in [2.05, 4.69) is 38.5 Å². The number of aliphatic hydroxyl groups is 1. The van der Waals surface area contributed by atoms with Crippen molar-refractivity contribution in [2.75, 3.05) is 0 Å². The third kappa shape index (κ3) is 4.65. The minimum absolute atomic E-state index is 0.107. The van der Waals surface area contributed by atoms with Crippen molar-refractivity contribution in [2.45, 2.75) is 50.3 Å². The number of nitrogens with zero attached hydrogens (tertiary/aromatic N) is 3. The van der Waals surface area contributed by atoms with Gasteiger partial charge in [-0.1, -0.05) is 36.4 Å². The SMILES string of the molecule is O[C@H](c1ccccc1)[C@H]1CC[C@@H](Cc2ccc3nc(CCc4cnccn4)[nH]c3c2)N1. The van der Waals surface area contributed by atoms with Crippen molar-refractivity contribution in [2.24, 2.45) is 0 Å². The van der Waals surface area contributed by atoms with E-state index >= 15 is 0 Å².